The predicted molar refractivity (Wildman–Crippen MR) is 84.5 cm³/mol. The second-order valence-corrected chi connectivity index (χ2v) is 5.87. The van der Waals surface area contributed by atoms with Gasteiger partial charge in [-0.2, -0.15) is 0 Å². The van der Waals surface area contributed by atoms with E-state index in [0.29, 0.717) is 12.5 Å². The Morgan fingerprint density at radius 1 is 1.15 bits per heavy atom. The summed E-state index contributed by atoms with van der Waals surface area (Å²) in [6.07, 6.45) is 2.91. The minimum Gasteiger partial charge on any atom is -0.355 e. The van der Waals surface area contributed by atoms with Gasteiger partial charge in [0, 0.05) is 18.5 Å². The first-order valence-corrected chi connectivity index (χ1v) is 7.59. The number of carbonyl (C=O) groups excluding carboxylic acids is 1. The lowest BCUT2D eigenvalue weighted by molar-refractivity contribution is -0.124. The van der Waals surface area contributed by atoms with Crippen LogP contribution in [0.25, 0.3) is 0 Å². The van der Waals surface area contributed by atoms with E-state index in [-0.39, 0.29) is 17.9 Å². The zero-order valence-corrected chi connectivity index (χ0v) is 12.9. The molecular weight excluding hydrogens is 248 g/mol. The standard InChI is InChI=1S/C17H28N2O/c1-13(8-7-9-15(3)18)17(20)19-12-14(2)16-10-5-4-6-11-16/h4-6,10-11,13-15H,7-9,12,18H2,1-3H3,(H,19,20). The summed E-state index contributed by atoms with van der Waals surface area (Å²) in [6, 6.07) is 10.5. The van der Waals surface area contributed by atoms with E-state index in [0.717, 1.165) is 19.3 Å². The summed E-state index contributed by atoms with van der Waals surface area (Å²) in [5.74, 6) is 0.561. The molecule has 0 aliphatic heterocycles. The Balaban J connectivity index is 2.28. The Morgan fingerprint density at radius 3 is 2.40 bits per heavy atom. The Morgan fingerprint density at radius 2 is 1.80 bits per heavy atom. The maximum Gasteiger partial charge on any atom is 0.222 e. The van der Waals surface area contributed by atoms with Crippen LogP contribution in [-0.4, -0.2) is 18.5 Å². The van der Waals surface area contributed by atoms with Crippen LogP contribution in [0.5, 0.6) is 0 Å². The normalized spacial score (nSPS) is 15.4. The van der Waals surface area contributed by atoms with Crippen LogP contribution in [0, 0.1) is 5.92 Å². The SMILES string of the molecule is CC(N)CCCC(C)C(=O)NCC(C)c1ccccc1. The first-order valence-electron chi connectivity index (χ1n) is 7.59. The van der Waals surface area contributed by atoms with Gasteiger partial charge in [0.25, 0.3) is 0 Å². The molecule has 1 aromatic rings. The van der Waals surface area contributed by atoms with Gasteiger partial charge in [-0.15, -0.1) is 0 Å². The molecule has 3 atom stereocenters. The third-order valence-electron chi connectivity index (χ3n) is 3.70. The highest BCUT2D eigenvalue weighted by Crippen LogP contribution is 2.14. The van der Waals surface area contributed by atoms with E-state index in [1.807, 2.05) is 32.0 Å². The third-order valence-corrected chi connectivity index (χ3v) is 3.70. The molecule has 3 N–H and O–H groups in total. The molecule has 0 radical (unpaired) electrons. The monoisotopic (exact) mass is 276 g/mol. The summed E-state index contributed by atoms with van der Waals surface area (Å²) in [5.41, 5.74) is 6.98. The van der Waals surface area contributed by atoms with Crippen LogP contribution in [0.2, 0.25) is 0 Å². The Bertz CT molecular complexity index is 389. The number of rotatable bonds is 8. The van der Waals surface area contributed by atoms with Gasteiger partial charge in [-0.3, -0.25) is 4.79 Å². The van der Waals surface area contributed by atoms with E-state index in [1.165, 1.54) is 5.56 Å². The predicted octanol–water partition coefficient (Wildman–Crippen LogP) is 3.06. The van der Waals surface area contributed by atoms with Crippen molar-refractivity contribution in [1.82, 2.24) is 5.32 Å². The maximum absolute atomic E-state index is 12.0. The van der Waals surface area contributed by atoms with E-state index in [4.69, 9.17) is 5.73 Å². The first-order chi connectivity index (χ1) is 9.50. The second-order valence-electron chi connectivity index (χ2n) is 5.87. The molecule has 0 saturated heterocycles. The summed E-state index contributed by atoms with van der Waals surface area (Å²) in [6.45, 7) is 6.83. The van der Waals surface area contributed by atoms with E-state index in [1.54, 1.807) is 0 Å². The largest absolute Gasteiger partial charge is 0.355 e. The molecule has 0 aromatic heterocycles. The minimum absolute atomic E-state index is 0.0664. The van der Waals surface area contributed by atoms with Crippen LogP contribution in [0.4, 0.5) is 0 Å². The van der Waals surface area contributed by atoms with Crippen LogP contribution in [0.3, 0.4) is 0 Å². The Hall–Kier alpha value is -1.35. The average Bonchev–Trinajstić information content (AvgIpc) is 2.44. The second kappa shape index (κ2) is 8.75. The van der Waals surface area contributed by atoms with Crippen molar-refractivity contribution >= 4 is 5.91 Å². The van der Waals surface area contributed by atoms with E-state index < -0.39 is 0 Å². The van der Waals surface area contributed by atoms with Gasteiger partial charge in [0.1, 0.15) is 0 Å². The molecular formula is C17H28N2O. The maximum atomic E-state index is 12.0. The molecule has 1 amide bonds. The summed E-state index contributed by atoms with van der Waals surface area (Å²) in [5, 5.41) is 3.05. The van der Waals surface area contributed by atoms with Gasteiger partial charge in [-0.1, -0.05) is 50.6 Å². The van der Waals surface area contributed by atoms with Gasteiger partial charge in [-0.05, 0) is 31.2 Å². The lowest BCUT2D eigenvalue weighted by Crippen LogP contribution is -2.32. The van der Waals surface area contributed by atoms with Crippen LogP contribution in [0.15, 0.2) is 30.3 Å². The zero-order valence-electron chi connectivity index (χ0n) is 12.9. The lowest BCUT2D eigenvalue weighted by atomic mass is 9.99. The lowest BCUT2D eigenvalue weighted by Gasteiger charge is -2.16. The van der Waals surface area contributed by atoms with Crippen molar-refractivity contribution in [3.05, 3.63) is 35.9 Å². The molecule has 1 aromatic carbocycles. The summed E-state index contributed by atoms with van der Waals surface area (Å²) >= 11 is 0. The fourth-order valence-electron chi connectivity index (χ4n) is 2.20. The van der Waals surface area contributed by atoms with Crippen molar-refractivity contribution in [2.45, 2.75) is 52.0 Å². The molecule has 0 aliphatic carbocycles. The van der Waals surface area contributed by atoms with Gasteiger partial charge < -0.3 is 11.1 Å². The molecule has 3 nitrogen and oxygen atoms in total. The molecule has 0 spiro atoms. The van der Waals surface area contributed by atoms with Crippen molar-refractivity contribution < 1.29 is 4.79 Å². The number of hydrogen-bond acceptors (Lipinski definition) is 2. The zero-order chi connectivity index (χ0) is 15.0. The summed E-state index contributed by atoms with van der Waals surface area (Å²) in [4.78, 5) is 12.0. The van der Waals surface area contributed by atoms with Gasteiger partial charge in [-0.25, -0.2) is 0 Å². The van der Waals surface area contributed by atoms with Crippen molar-refractivity contribution in [3.63, 3.8) is 0 Å². The molecule has 20 heavy (non-hydrogen) atoms. The molecule has 0 saturated carbocycles. The molecule has 112 valence electrons. The molecule has 0 fully saturated rings. The quantitative estimate of drug-likeness (QED) is 0.766. The fraction of sp³-hybridized carbons (Fsp3) is 0.588. The molecule has 3 heteroatoms. The van der Waals surface area contributed by atoms with Crippen molar-refractivity contribution in [1.29, 1.82) is 0 Å². The number of amides is 1. The number of carbonyl (C=O) groups is 1. The fourth-order valence-corrected chi connectivity index (χ4v) is 2.20. The van der Waals surface area contributed by atoms with Crippen LogP contribution in [-0.2, 0) is 4.79 Å². The molecule has 1 rings (SSSR count). The molecule has 3 unspecified atom stereocenters. The number of nitrogens with one attached hydrogen (secondary N) is 1. The highest BCUT2D eigenvalue weighted by molar-refractivity contribution is 5.78. The van der Waals surface area contributed by atoms with Crippen molar-refractivity contribution in [3.8, 4) is 0 Å². The minimum atomic E-state index is 0.0664. The highest BCUT2D eigenvalue weighted by atomic mass is 16.1. The van der Waals surface area contributed by atoms with Crippen molar-refractivity contribution in [2.75, 3.05) is 6.54 Å². The Kier molecular flexibility index (Phi) is 7.31. The number of benzene rings is 1. The van der Waals surface area contributed by atoms with E-state index in [9.17, 15) is 4.79 Å². The number of nitrogens with two attached hydrogens (primary N) is 1. The van der Waals surface area contributed by atoms with Gasteiger partial charge in [0.05, 0.1) is 0 Å². The first kappa shape index (κ1) is 16.7. The molecule has 0 aliphatic rings. The molecule has 0 heterocycles. The topological polar surface area (TPSA) is 55.1 Å². The smallest absolute Gasteiger partial charge is 0.222 e. The van der Waals surface area contributed by atoms with Gasteiger partial charge >= 0.3 is 0 Å². The third kappa shape index (κ3) is 6.20. The summed E-state index contributed by atoms with van der Waals surface area (Å²) in [7, 11) is 0. The Labute approximate surface area is 122 Å². The van der Waals surface area contributed by atoms with Crippen LogP contribution >= 0.6 is 0 Å². The van der Waals surface area contributed by atoms with Gasteiger partial charge in [0.2, 0.25) is 5.91 Å². The summed E-state index contributed by atoms with van der Waals surface area (Å²) < 4.78 is 0. The molecule has 0 bridgehead atoms. The van der Waals surface area contributed by atoms with Crippen LogP contribution in [0.1, 0.15) is 51.5 Å². The average molecular weight is 276 g/mol. The van der Waals surface area contributed by atoms with Crippen LogP contribution < -0.4 is 11.1 Å². The highest BCUT2D eigenvalue weighted by Gasteiger charge is 2.14. The number of hydrogen-bond donors (Lipinski definition) is 2. The van der Waals surface area contributed by atoms with E-state index >= 15 is 0 Å². The van der Waals surface area contributed by atoms with Gasteiger partial charge in [0.15, 0.2) is 0 Å². The van der Waals surface area contributed by atoms with Crippen molar-refractivity contribution in [2.24, 2.45) is 11.7 Å². The van der Waals surface area contributed by atoms with E-state index in [2.05, 4.69) is 24.4 Å².